The highest BCUT2D eigenvalue weighted by atomic mass is 35.5. The number of nitrogens with one attached hydrogen (secondary N) is 1. The molecule has 0 spiro atoms. The number of likely N-dealkylation sites (tertiary alicyclic amines) is 1. The van der Waals surface area contributed by atoms with Crippen LogP contribution in [0.5, 0.6) is 0 Å². The van der Waals surface area contributed by atoms with Crippen LogP contribution in [-0.4, -0.2) is 42.0 Å². The first kappa shape index (κ1) is 23.0. The number of carbonyl (C=O) groups excluding carboxylic acids is 1. The van der Waals surface area contributed by atoms with Crippen molar-refractivity contribution in [2.75, 3.05) is 19.6 Å². The molecule has 1 amide bonds. The summed E-state index contributed by atoms with van der Waals surface area (Å²) in [6, 6.07) is 0.515. The Morgan fingerprint density at radius 1 is 1.17 bits per heavy atom. The van der Waals surface area contributed by atoms with Crippen LogP contribution in [0.1, 0.15) is 71.1 Å². The Balaban J connectivity index is 0.00000242. The smallest absolute Gasteiger partial charge is 0.240 e. The van der Waals surface area contributed by atoms with Gasteiger partial charge in [0.2, 0.25) is 5.91 Å². The molecular formula is C17H35Cl2N3O. The fraction of sp³-hybridized carbons (Fsp3) is 0.941. The van der Waals surface area contributed by atoms with Gasteiger partial charge in [0.05, 0.1) is 5.54 Å². The fourth-order valence-corrected chi connectivity index (χ4v) is 3.74. The van der Waals surface area contributed by atoms with Crippen LogP contribution in [0, 0.1) is 0 Å². The number of carbonyl (C=O) groups is 1. The van der Waals surface area contributed by atoms with Gasteiger partial charge in [0.1, 0.15) is 0 Å². The maximum Gasteiger partial charge on any atom is 0.240 e. The van der Waals surface area contributed by atoms with Crippen molar-refractivity contribution in [1.82, 2.24) is 10.2 Å². The van der Waals surface area contributed by atoms with E-state index in [0.717, 1.165) is 32.2 Å². The number of halogens is 2. The van der Waals surface area contributed by atoms with E-state index in [4.69, 9.17) is 5.73 Å². The van der Waals surface area contributed by atoms with Crippen LogP contribution in [0.2, 0.25) is 0 Å². The Kier molecular flexibility index (Phi) is 11.5. The van der Waals surface area contributed by atoms with Gasteiger partial charge < -0.3 is 11.1 Å². The predicted molar refractivity (Wildman–Crippen MR) is 102 cm³/mol. The van der Waals surface area contributed by atoms with Gasteiger partial charge in [-0.1, -0.05) is 39.0 Å². The number of nitrogens with two attached hydrogens (primary N) is 1. The maximum atomic E-state index is 12.4. The van der Waals surface area contributed by atoms with Gasteiger partial charge in [-0.25, -0.2) is 0 Å². The molecule has 1 saturated heterocycles. The molecule has 0 bridgehead atoms. The molecule has 6 heteroatoms. The minimum absolute atomic E-state index is 0. The van der Waals surface area contributed by atoms with Crippen molar-refractivity contribution in [3.63, 3.8) is 0 Å². The lowest BCUT2D eigenvalue weighted by Crippen LogP contribution is -2.57. The molecule has 2 rings (SSSR count). The second-order valence-corrected chi connectivity index (χ2v) is 6.97. The van der Waals surface area contributed by atoms with Crippen LogP contribution >= 0.6 is 24.8 Å². The lowest BCUT2D eigenvalue weighted by Gasteiger charge is -2.37. The van der Waals surface area contributed by atoms with Crippen LogP contribution in [-0.2, 0) is 4.79 Å². The molecule has 1 atom stereocenters. The van der Waals surface area contributed by atoms with Crippen molar-refractivity contribution in [2.24, 2.45) is 5.73 Å². The summed E-state index contributed by atoms with van der Waals surface area (Å²) in [6.07, 6.45) is 11.4. The summed E-state index contributed by atoms with van der Waals surface area (Å²) in [7, 11) is 0. The second-order valence-electron chi connectivity index (χ2n) is 6.97. The first-order valence-corrected chi connectivity index (χ1v) is 8.97. The van der Waals surface area contributed by atoms with Crippen molar-refractivity contribution >= 4 is 30.7 Å². The van der Waals surface area contributed by atoms with E-state index in [1.54, 1.807) is 0 Å². The van der Waals surface area contributed by atoms with Gasteiger partial charge in [-0.05, 0) is 45.2 Å². The van der Waals surface area contributed by atoms with E-state index >= 15 is 0 Å². The van der Waals surface area contributed by atoms with Gasteiger partial charge in [-0.3, -0.25) is 9.69 Å². The van der Waals surface area contributed by atoms with Gasteiger partial charge in [-0.15, -0.1) is 24.8 Å². The Bertz CT molecular complexity index is 336. The van der Waals surface area contributed by atoms with Gasteiger partial charge in [0, 0.05) is 12.6 Å². The summed E-state index contributed by atoms with van der Waals surface area (Å²) >= 11 is 0. The SMILES string of the molecule is CCCCN1CCCCC1CNC(=O)C1(N)CCCCC1.Cl.Cl. The molecule has 1 heterocycles. The topological polar surface area (TPSA) is 58.4 Å². The van der Waals surface area contributed by atoms with E-state index in [0.29, 0.717) is 6.04 Å². The monoisotopic (exact) mass is 367 g/mol. The average molecular weight is 368 g/mol. The molecule has 1 unspecified atom stereocenters. The molecule has 0 aromatic heterocycles. The summed E-state index contributed by atoms with van der Waals surface area (Å²) in [5.41, 5.74) is 5.71. The normalized spacial score (nSPS) is 24.2. The van der Waals surface area contributed by atoms with Crippen LogP contribution in [0.3, 0.4) is 0 Å². The Morgan fingerprint density at radius 3 is 2.52 bits per heavy atom. The van der Waals surface area contributed by atoms with E-state index in [1.165, 1.54) is 51.6 Å². The second kappa shape index (κ2) is 11.5. The minimum atomic E-state index is -0.596. The quantitative estimate of drug-likeness (QED) is 0.757. The fourth-order valence-electron chi connectivity index (χ4n) is 3.74. The number of rotatable bonds is 6. The van der Waals surface area contributed by atoms with Gasteiger partial charge in [0.15, 0.2) is 0 Å². The van der Waals surface area contributed by atoms with E-state index in [2.05, 4.69) is 17.1 Å². The van der Waals surface area contributed by atoms with Crippen molar-refractivity contribution in [1.29, 1.82) is 0 Å². The molecule has 3 N–H and O–H groups in total. The number of amides is 1. The number of unbranched alkanes of at least 4 members (excludes halogenated alkanes) is 1. The maximum absolute atomic E-state index is 12.4. The molecule has 2 fully saturated rings. The highest BCUT2D eigenvalue weighted by Crippen LogP contribution is 2.26. The predicted octanol–water partition coefficient (Wildman–Crippen LogP) is 3.26. The minimum Gasteiger partial charge on any atom is -0.353 e. The number of hydrogen-bond donors (Lipinski definition) is 2. The van der Waals surface area contributed by atoms with E-state index in [9.17, 15) is 4.79 Å². The molecule has 2 aliphatic rings. The zero-order chi connectivity index (χ0) is 15.1. The highest BCUT2D eigenvalue weighted by molar-refractivity contribution is 5.86. The third-order valence-corrected chi connectivity index (χ3v) is 5.24. The number of nitrogens with zero attached hydrogens (tertiary/aromatic N) is 1. The Labute approximate surface area is 154 Å². The van der Waals surface area contributed by atoms with E-state index in [-0.39, 0.29) is 30.7 Å². The molecule has 1 saturated carbocycles. The standard InChI is InChI=1S/C17H33N3O.2ClH/c1-2-3-12-20-13-8-5-9-15(20)14-19-16(21)17(18)10-6-4-7-11-17;;/h15H,2-14,18H2,1H3,(H,19,21);2*1H. The molecule has 1 aliphatic heterocycles. The van der Waals surface area contributed by atoms with Crippen LogP contribution < -0.4 is 11.1 Å². The van der Waals surface area contributed by atoms with E-state index < -0.39 is 5.54 Å². The molecule has 0 aromatic rings. The van der Waals surface area contributed by atoms with Crippen molar-refractivity contribution < 1.29 is 4.79 Å². The summed E-state index contributed by atoms with van der Waals surface area (Å²) in [5.74, 6) is 0.0863. The van der Waals surface area contributed by atoms with Crippen LogP contribution in [0.25, 0.3) is 0 Å². The molecule has 138 valence electrons. The third-order valence-electron chi connectivity index (χ3n) is 5.24. The molecular weight excluding hydrogens is 333 g/mol. The van der Waals surface area contributed by atoms with Crippen LogP contribution in [0.4, 0.5) is 0 Å². The average Bonchev–Trinajstić information content (AvgIpc) is 2.52. The molecule has 0 aromatic carbocycles. The largest absolute Gasteiger partial charge is 0.353 e. The Morgan fingerprint density at radius 2 is 1.87 bits per heavy atom. The molecule has 1 aliphatic carbocycles. The number of hydrogen-bond acceptors (Lipinski definition) is 3. The summed E-state index contributed by atoms with van der Waals surface area (Å²) in [6.45, 7) is 5.38. The van der Waals surface area contributed by atoms with Crippen molar-refractivity contribution in [3.05, 3.63) is 0 Å². The Hall–Kier alpha value is -0.0300. The van der Waals surface area contributed by atoms with Gasteiger partial charge in [-0.2, -0.15) is 0 Å². The zero-order valence-electron chi connectivity index (χ0n) is 14.5. The summed E-state index contributed by atoms with van der Waals surface area (Å²) in [5, 5.41) is 3.16. The first-order valence-electron chi connectivity index (χ1n) is 8.97. The highest BCUT2D eigenvalue weighted by Gasteiger charge is 2.35. The molecule has 4 nitrogen and oxygen atoms in total. The zero-order valence-corrected chi connectivity index (χ0v) is 16.2. The van der Waals surface area contributed by atoms with Gasteiger partial charge >= 0.3 is 0 Å². The van der Waals surface area contributed by atoms with E-state index in [1.807, 2.05) is 0 Å². The first-order chi connectivity index (χ1) is 10.2. The van der Waals surface area contributed by atoms with Crippen LogP contribution in [0.15, 0.2) is 0 Å². The molecule has 0 radical (unpaired) electrons. The lowest BCUT2D eigenvalue weighted by molar-refractivity contribution is -0.127. The summed E-state index contributed by atoms with van der Waals surface area (Å²) < 4.78 is 0. The van der Waals surface area contributed by atoms with Crippen molar-refractivity contribution in [3.8, 4) is 0 Å². The lowest BCUT2D eigenvalue weighted by atomic mass is 9.82. The van der Waals surface area contributed by atoms with Gasteiger partial charge in [0.25, 0.3) is 0 Å². The van der Waals surface area contributed by atoms with Crippen molar-refractivity contribution in [2.45, 2.75) is 82.7 Å². The molecule has 23 heavy (non-hydrogen) atoms. The number of piperidine rings is 1. The third kappa shape index (κ3) is 6.77. The summed E-state index contributed by atoms with van der Waals surface area (Å²) in [4.78, 5) is 15.0.